The van der Waals surface area contributed by atoms with Crippen molar-refractivity contribution in [2.45, 2.75) is 13.1 Å². The van der Waals surface area contributed by atoms with Gasteiger partial charge in [0.05, 0.1) is 11.5 Å². The van der Waals surface area contributed by atoms with E-state index in [9.17, 15) is 14.9 Å². The lowest BCUT2D eigenvalue weighted by Gasteiger charge is -2.27. The Balaban J connectivity index is 1.93. The standard InChI is InChI=1S/C12H10ClN5O3/c13-8-1-2-10(18(20)21)9(5-8)12(19)16-3-4-17-7-14-15-11(17)6-16/h1-2,5,7H,3-4,6H2. The molecule has 0 unspecified atom stereocenters. The fraction of sp³-hybridized carbons (Fsp3) is 0.250. The summed E-state index contributed by atoms with van der Waals surface area (Å²) in [4.78, 5) is 24.5. The lowest BCUT2D eigenvalue weighted by molar-refractivity contribution is -0.385. The van der Waals surface area contributed by atoms with Crippen LogP contribution in [-0.4, -0.2) is 37.0 Å². The minimum Gasteiger partial charge on any atom is -0.329 e. The average molecular weight is 308 g/mol. The maximum atomic E-state index is 12.5. The molecule has 0 N–H and O–H groups in total. The van der Waals surface area contributed by atoms with E-state index in [1.54, 1.807) is 6.33 Å². The Morgan fingerprint density at radius 3 is 2.95 bits per heavy atom. The van der Waals surface area contributed by atoms with Gasteiger partial charge in [0.2, 0.25) is 0 Å². The van der Waals surface area contributed by atoms with E-state index >= 15 is 0 Å². The highest BCUT2D eigenvalue weighted by Gasteiger charge is 2.28. The molecule has 0 fully saturated rings. The van der Waals surface area contributed by atoms with E-state index in [1.807, 2.05) is 4.57 Å². The summed E-state index contributed by atoms with van der Waals surface area (Å²) >= 11 is 5.85. The molecule has 2 heterocycles. The van der Waals surface area contributed by atoms with Crippen molar-refractivity contribution in [3.63, 3.8) is 0 Å². The zero-order valence-corrected chi connectivity index (χ0v) is 11.5. The van der Waals surface area contributed by atoms with Crippen molar-refractivity contribution < 1.29 is 9.72 Å². The smallest absolute Gasteiger partial charge is 0.282 e. The average Bonchev–Trinajstić information content (AvgIpc) is 2.93. The summed E-state index contributed by atoms with van der Waals surface area (Å²) in [6.45, 7) is 1.26. The van der Waals surface area contributed by atoms with Crippen molar-refractivity contribution in [2.24, 2.45) is 0 Å². The molecule has 8 nitrogen and oxygen atoms in total. The van der Waals surface area contributed by atoms with Crippen LogP contribution in [0.15, 0.2) is 24.5 Å². The Kier molecular flexibility index (Phi) is 3.30. The van der Waals surface area contributed by atoms with Crippen molar-refractivity contribution in [3.8, 4) is 0 Å². The second-order valence-electron chi connectivity index (χ2n) is 4.59. The first kappa shape index (κ1) is 13.5. The third kappa shape index (κ3) is 2.45. The van der Waals surface area contributed by atoms with Gasteiger partial charge >= 0.3 is 0 Å². The van der Waals surface area contributed by atoms with Crippen molar-refractivity contribution in [1.82, 2.24) is 19.7 Å². The molecule has 0 saturated heterocycles. The Morgan fingerprint density at radius 2 is 2.19 bits per heavy atom. The number of carbonyl (C=O) groups excluding carboxylic acids is 1. The summed E-state index contributed by atoms with van der Waals surface area (Å²) in [5.74, 6) is 0.220. The summed E-state index contributed by atoms with van der Waals surface area (Å²) in [6, 6.07) is 3.95. The summed E-state index contributed by atoms with van der Waals surface area (Å²) in [7, 11) is 0. The SMILES string of the molecule is O=C(c1cc(Cl)ccc1[N+](=O)[O-])N1CCn2cnnc2C1. The number of halogens is 1. The number of nitrogens with zero attached hydrogens (tertiary/aromatic N) is 5. The number of carbonyl (C=O) groups is 1. The van der Waals surface area contributed by atoms with Gasteiger partial charge in [-0.1, -0.05) is 11.6 Å². The highest BCUT2D eigenvalue weighted by atomic mass is 35.5. The van der Waals surface area contributed by atoms with Crippen molar-refractivity contribution in [1.29, 1.82) is 0 Å². The van der Waals surface area contributed by atoms with Crippen LogP contribution in [-0.2, 0) is 13.1 Å². The van der Waals surface area contributed by atoms with Gasteiger partial charge in [0, 0.05) is 24.2 Å². The van der Waals surface area contributed by atoms with Crippen LogP contribution in [0.25, 0.3) is 0 Å². The predicted molar refractivity (Wildman–Crippen MR) is 72.9 cm³/mol. The van der Waals surface area contributed by atoms with E-state index in [4.69, 9.17) is 11.6 Å². The molecule has 1 aliphatic heterocycles. The molecule has 3 rings (SSSR count). The zero-order chi connectivity index (χ0) is 15.0. The van der Waals surface area contributed by atoms with E-state index in [1.165, 1.54) is 23.1 Å². The third-order valence-electron chi connectivity index (χ3n) is 3.31. The Morgan fingerprint density at radius 1 is 1.38 bits per heavy atom. The number of amides is 1. The fourth-order valence-electron chi connectivity index (χ4n) is 2.25. The molecule has 21 heavy (non-hydrogen) atoms. The number of hydrogen-bond donors (Lipinski definition) is 0. The quantitative estimate of drug-likeness (QED) is 0.619. The van der Waals surface area contributed by atoms with Crippen LogP contribution in [0.3, 0.4) is 0 Å². The molecule has 108 valence electrons. The van der Waals surface area contributed by atoms with Crippen LogP contribution in [0, 0.1) is 10.1 Å². The lowest BCUT2D eigenvalue weighted by atomic mass is 10.1. The van der Waals surface area contributed by atoms with Crippen LogP contribution in [0.5, 0.6) is 0 Å². The van der Waals surface area contributed by atoms with E-state index in [0.717, 1.165) is 0 Å². The second-order valence-corrected chi connectivity index (χ2v) is 5.02. The highest BCUT2D eigenvalue weighted by molar-refractivity contribution is 6.31. The maximum absolute atomic E-state index is 12.5. The Labute approximate surface area is 124 Å². The van der Waals surface area contributed by atoms with E-state index in [0.29, 0.717) is 18.9 Å². The third-order valence-corrected chi connectivity index (χ3v) is 3.55. The Hall–Kier alpha value is -2.48. The summed E-state index contributed by atoms with van der Waals surface area (Å²) in [5.41, 5.74) is -0.267. The molecule has 2 aromatic rings. The number of aromatic nitrogens is 3. The number of nitro groups is 1. The number of nitro benzene ring substituents is 1. The van der Waals surface area contributed by atoms with Crippen LogP contribution in [0.1, 0.15) is 16.2 Å². The normalized spacial score (nSPS) is 13.9. The molecule has 1 amide bonds. The summed E-state index contributed by atoms with van der Waals surface area (Å²) in [5, 5.41) is 19.0. The second kappa shape index (κ2) is 5.13. The molecule has 1 aromatic heterocycles. The van der Waals surface area contributed by atoms with Crippen LogP contribution in [0.4, 0.5) is 5.69 Å². The van der Waals surface area contributed by atoms with Crippen molar-refractivity contribution in [2.75, 3.05) is 6.54 Å². The summed E-state index contributed by atoms with van der Waals surface area (Å²) < 4.78 is 1.84. The molecule has 0 spiro atoms. The van der Waals surface area contributed by atoms with Gasteiger partial charge < -0.3 is 9.47 Å². The van der Waals surface area contributed by atoms with Crippen LogP contribution in [0.2, 0.25) is 5.02 Å². The molecular weight excluding hydrogens is 298 g/mol. The van der Waals surface area contributed by atoms with Crippen LogP contribution >= 0.6 is 11.6 Å². The first-order chi connectivity index (χ1) is 10.1. The van der Waals surface area contributed by atoms with E-state index in [2.05, 4.69) is 10.2 Å². The first-order valence-electron chi connectivity index (χ1n) is 6.16. The van der Waals surface area contributed by atoms with Crippen LogP contribution < -0.4 is 0 Å². The number of benzene rings is 1. The molecule has 0 atom stereocenters. The minimum atomic E-state index is -0.587. The Bertz CT molecular complexity index is 729. The molecule has 1 aromatic carbocycles. The van der Waals surface area contributed by atoms with Gasteiger partial charge in [0.1, 0.15) is 11.9 Å². The van der Waals surface area contributed by atoms with Gasteiger partial charge in [0.15, 0.2) is 5.82 Å². The van der Waals surface area contributed by atoms with E-state index in [-0.39, 0.29) is 22.8 Å². The monoisotopic (exact) mass is 307 g/mol. The van der Waals surface area contributed by atoms with E-state index < -0.39 is 10.8 Å². The maximum Gasteiger partial charge on any atom is 0.282 e. The van der Waals surface area contributed by atoms with Crippen molar-refractivity contribution in [3.05, 3.63) is 51.1 Å². The van der Waals surface area contributed by atoms with Gasteiger partial charge in [-0.05, 0) is 12.1 Å². The van der Waals surface area contributed by atoms with Gasteiger partial charge in [-0.25, -0.2) is 0 Å². The zero-order valence-electron chi connectivity index (χ0n) is 10.8. The summed E-state index contributed by atoms with van der Waals surface area (Å²) in [6.07, 6.45) is 1.60. The predicted octanol–water partition coefficient (Wildman–Crippen LogP) is 1.50. The van der Waals surface area contributed by atoms with Crippen molar-refractivity contribution >= 4 is 23.2 Å². The van der Waals surface area contributed by atoms with Gasteiger partial charge in [-0.3, -0.25) is 14.9 Å². The molecule has 0 bridgehead atoms. The molecule has 0 saturated carbocycles. The lowest BCUT2D eigenvalue weighted by Crippen LogP contribution is -2.38. The number of rotatable bonds is 2. The molecule has 1 aliphatic rings. The van der Waals surface area contributed by atoms with Gasteiger partial charge in [-0.2, -0.15) is 0 Å². The number of fused-ring (bicyclic) bond motifs is 1. The fourth-order valence-corrected chi connectivity index (χ4v) is 2.42. The first-order valence-corrected chi connectivity index (χ1v) is 6.54. The molecule has 0 aliphatic carbocycles. The molecular formula is C12H10ClN5O3. The minimum absolute atomic E-state index is 0.0135. The number of hydrogen-bond acceptors (Lipinski definition) is 5. The van der Waals surface area contributed by atoms with Gasteiger partial charge in [-0.15, -0.1) is 10.2 Å². The topological polar surface area (TPSA) is 94.2 Å². The largest absolute Gasteiger partial charge is 0.329 e. The highest BCUT2D eigenvalue weighted by Crippen LogP contribution is 2.25. The van der Waals surface area contributed by atoms with Gasteiger partial charge in [0.25, 0.3) is 11.6 Å². The molecule has 0 radical (unpaired) electrons. The molecule has 9 heteroatoms.